The Bertz CT molecular complexity index is 482. The summed E-state index contributed by atoms with van der Waals surface area (Å²) in [5.74, 6) is 0.0870. The van der Waals surface area contributed by atoms with E-state index in [4.69, 9.17) is 10.5 Å². The predicted octanol–water partition coefficient (Wildman–Crippen LogP) is 0.957. The molecule has 1 aromatic carbocycles. The lowest BCUT2D eigenvalue weighted by molar-refractivity contribution is -0.117. The summed E-state index contributed by atoms with van der Waals surface area (Å²) in [4.78, 5) is 15.2. The summed E-state index contributed by atoms with van der Waals surface area (Å²) in [5, 5.41) is 0. The average Bonchev–Trinajstić information content (AvgIpc) is 2.73. The highest BCUT2D eigenvalue weighted by atomic mass is 16.5. The van der Waals surface area contributed by atoms with Crippen molar-refractivity contribution in [3.05, 3.63) is 35.4 Å². The van der Waals surface area contributed by atoms with Gasteiger partial charge in [-0.3, -0.25) is 4.79 Å². The lowest BCUT2D eigenvalue weighted by Gasteiger charge is -2.07. The molecule has 2 aliphatic rings. The SMILES string of the molecule is NC(=O)CC1=NC2c3ccccc3CC2O1. The smallest absolute Gasteiger partial charge is 0.226 e. The molecule has 4 heteroatoms. The molecule has 0 saturated carbocycles. The van der Waals surface area contributed by atoms with Gasteiger partial charge in [-0.25, -0.2) is 4.99 Å². The van der Waals surface area contributed by atoms with E-state index in [0.717, 1.165) is 6.42 Å². The summed E-state index contributed by atoms with van der Waals surface area (Å²) >= 11 is 0. The van der Waals surface area contributed by atoms with Crippen molar-refractivity contribution in [2.24, 2.45) is 10.7 Å². The Labute approximate surface area is 93.1 Å². The fourth-order valence-electron chi connectivity index (χ4n) is 2.39. The van der Waals surface area contributed by atoms with E-state index in [-0.39, 0.29) is 18.6 Å². The summed E-state index contributed by atoms with van der Waals surface area (Å²) in [6, 6.07) is 8.25. The highest BCUT2D eigenvalue weighted by Gasteiger charge is 2.39. The average molecular weight is 216 g/mol. The third-order valence-electron chi connectivity index (χ3n) is 3.04. The number of nitrogens with two attached hydrogens (primary N) is 1. The van der Waals surface area contributed by atoms with Crippen LogP contribution in [0.4, 0.5) is 0 Å². The molecule has 82 valence electrons. The van der Waals surface area contributed by atoms with E-state index >= 15 is 0 Å². The number of rotatable bonds is 2. The number of nitrogens with zero attached hydrogens (tertiary/aromatic N) is 1. The quantitative estimate of drug-likeness (QED) is 0.800. The summed E-state index contributed by atoms with van der Waals surface area (Å²) < 4.78 is 5.63. The monoisotopic (exact) mass is 216 g/mol. The Kier molecular flexibility index (Phi) is 1.96. The molecule has 0 radical (unpaired) electrons. The molecule has 0 bridgehead atoms. The van der Waals surface area contributed by atoms with Crippen molar-refractivity contribution < 1.29 is 9.53 Å². The van der Waals surface area contributed by atoms with E-state index in [0.29, 0.717) is 5.90 Å². The molecule has 0 saturated heterocycles. The van der Waals surface area contributed by atoms with Crippen LogP contribution >= 0.6 is 0 Å². The van der Waals surface area contributed by atoms with Gasteiger partial charge in [0.05, 0.1) is 0 Å². The molecule has 0 aromatic heterocycles. The minimum atomic E-state index is -0.396. The molecular weight excluding hydrogens is 204 g/mol. The minimum Gasteiger partial charge on any atom is -0.474 e. The third-order valence-corrected chi connectivity index (χ3v) is 3.04. The van der Waals surface area contributed by atoms with Crippen molar-refractivity contribution in [1.29, 1.82) is 0 Å². The molecule has 3 rings (SSSR count). The van der Waals surface area contributed by atoms with Gasteiger partial charge in [-0.1, -0.05) is 24.3 Å². The van der Waals surface area contributed by atoms with Crippen LogP contribution in [-0.2, 0) is 16.0 Å². The van der Waals surface area contributed by atoms with E-state index in [9.17, 15) is 4.79 Å². The number of hydrogen-bond donors (Lipinski definition) is 1. The van der Waals surface area contributed by atoms with Gasteiger partial charge in [-0.15, -0.1) is 0 Å². The summed E-state index contributed by atoms with van der Waals surface area (Å²) in [5.41, 5.74) is 7.62. The zero-order chi connectivity index (χ0) is 11.1. The summed E-state index contributed by atoms with van der Waals surface area (Å²) in [6.45, 7) is 0. The highest BCUT2D eigenvalue weighted by Crippen LogP contribution is 2.39. The zero-order valence-electron chi connectivity index (χ0n) is 8.72. The number of fused-ring (bicyclic) bond motifs is 3. The van der Waals surface area contributed by atoms with Gasteiger partial charge >= 0.3 is 0 Å². The van der Waals surface area contributed by atoms with Crippen LogP contribution in [-0.4, -0.2) is 17.9 Å². The van der Waals surface area contributed by atoms with Crippen LogP contribution in [0, 0.1) is 0 Å². The van der Waals surface area contributed by atoms with Gasteiger partial charge in [-0.05, 0) is 11.1 Å². The van der Waals surface area contributed by atoms with Crippen molar-refractivity contribution in [3.63, 3.8) is 0 Å². The molecule has 0 spiro atoms. The highest BCUT2D eigenvalue weighted by molar-refractivity contribution is 5.97. The maximum absolute atomic E-state index is 10.8. The maximum Gasteiger partial charge on any atom is 0.226 e. The lowest BCUT2D eigenvalue weighted by Crippen LogP contribution is -2.19. The first-order valence-corrected chi connectivity index (χ1v) is 5.33. The third kappa shape index (κ3) is 1.38. The molecule has 4 nitrogen and oxygen atoms in total. The topological polar surface area (TPSA) is 64.7 Å². The first-order chi connectivity index (χ1) is 7.74. The second kappa shape index (κ2) is 3.33. The Morgan fingerprint density at radius 2 is 2.31 bits per heavy atom. The molecule has 1 amide bonds. The number of carbonyl (C=O) groups excluding carboxylic acids is 1. The summed E-state index contributed by atoms with van der Waals surface area (Å²) in [7, 11) is 0. The molecule has 1 aliphatic carbocycles. The van der Waals surface area contributed by atoms with Gasteiger partial charge < -0.3 is 10.5 Å². The fraction of sp³-hybridized carbons (Fsp3) is 0.333. The van der Waals surface area contributed by atoms with E-state index in [1.54, 1.807) is 0 Å². The van der Waals surface area contributed by atoms with Gasteiger partial charge in [-0.2, -0.15) is 0 Å². The van der Waals surface area contributed by atoms with Gasteiger partial charge in [0.2, 0.25) is 5.91 Å². The number of hydrogen-bond acceptors (Lipinski definition) is 3. The Morgan fingerprint density at radius 3 is 3.12 bits per heavy atom. The number of carbonyl (C=O) groups is 1. The second-order valence-corrected chi connectivity index (χ2v) is 4.17. The molecular formula is C12H12N2O2. The van der Waals surface area contributed by atoms with E-state index in [2.05, 4.69) is 17.1 Å². The zero-order valence-corrected chi connectivity index (χ0v) is 8.72. The molecule has 0 fully saturated rings. The lowest BCUT2D eigenvalue weighted by atomic mass is 10.1. The van der Waals surface area contributed by atoms with Crippen molar-refractivity contribution >= 4 is 11.8 Å². The minimum absolute atomic E-state index is 0.0607. The normalized spacial score (nSPS) is 25.6. The van der Waals surface area contributed by atoms with Crippen LogP contribution in [0.5, 0.6) is 0 Å². The molecule has 2 unspecified atom stereocenters. The van der Waals surface area contributed by atoms with Gasteiger partial charge in [0, 0.05) is 6.42 Å². The fourth-order valence-corrected chi connectivity index (χ4v) is 2.39. The number of amides is 1. The predicted molar refractivity (Wildman–Crippen MR) is 59.0 cm³/mol. The Balaban J connectivity index is 1.89. The maximum atomic E-state index is 10.8. The molecule has 2 atom stereocenters. The van der Waals surface area contributed by atoms with E-state index in [1.165, 1.54) is 11.1 Å². The molecule has 1 aliphatic heterocycles. The van der Waals surface area contributed by atoms with Crippen LogP contribution in [0.3, 0.4) is 0 Å². The van der Waals surface area contributed by atoms with Gasteiger partial charge in [0.1, 0.15) is 18.6 Å². The number of aliphatic imine (C=N–C) groups is 1. The van der Waals surface area contributed by atoms with Crippen LogP contribution < -0.4 is 5.73 Å². The van der Waals surface area contributed by atoms with Crippen molar-refractivity contribution in [2.45, 2.75) is 25.0 Å². The number of ether oxygens (including phenoxy) is 1. The largest absolute Gasteiger partial charge is 0.474 e. The van der Waals surface area contributed by atoms with Gasteiger partial charge in [0.25, 0.3) is 0 Å². The Morgan fingerprint density at radius 1 is 1.50 bits per heavy atom. The molecule has 1 aromatic rings. The van der Waals surface area contributed by atoms with E-state index in [1.807, 2.05) is 12.1 Å². The van der Waals surface area contributed by atoms with Crippen molar-refractivity contribution in [3.8, 4) is 0 Å². The van der Waals surface area contributed by atoms with Crippen molar-refractivity contribution in [2.75, 3.05) is 0 Å². The molecule has 16 heavy (non-hydrogen) atoms. The summed E-state index contributed by atoms with van der Waals surface area (Å²) in [6.07, 6.45) is 1.04. The number of primary amides is 1. The first kappa shape index (κ1) is 9.39. The molecule has 2 N–H and O–H groups in total. The van der Waals surface area contributed by atoms with Gasteiger partial charge in [0.15, 0.2) is 5.90 Å². The first-order valence-electron chi connectivity index (χ1n) is 5.33. The van der Waals surface area contributed by atoms with Crippen LogP contribution in [0.2, 0.25) is 0 Å². The Hall–Kier alpha value is -1.84. The number of benzene rings is 1. The standard InChI is InChI=1S/C12H12N2O2/c13-10(15)6-11-14-12-8-4-2-1-3-7(8)5-9(12)16-11/h1-4,9,12H,5-6H2,(H2,13,15). The van der Waals surface area contributed by atoms with Crippen LogP contribution in [0.25, 0.3) is 0 Å². The van der Waals surface area contributed by atoms with Crippen LogP contribution in [0.1, 0.15) is 23.6 Å². The van der Waals surface area contributed by atoms with Crippen molar-refractivity contribution in [1.82, 2.24) is 0 Å². The second-order valence-electron chi connectivity index (χ2n) is 4.17. The molecule has 1 heterocycles. The van der Waals surface area contributed by atoms with Crippen LogP contribution in [0.15, 0.2) is 29.3 Å². The van der Waals surface area contributed by atoms with E-state index < -0.39 is 5.91 Å².